The van der Waals surface area contributed by atoms with Crippen molar-refractivity contribution < 1.29 is 0 Å². The van der Waals surface area contributed by atoms with Crippen LogP contribution in [0.3, 0.4) is 0 Å². The van der Waals surface area contributed by atoms with Crippen LogP contribution in [-0.2, 0) is 12.3 Å². The van der Waals surface area contributed by atoms with Crippen molar-refractivity contribution in [2.75, 3.05) is 0 Å². The van der Waals surface area contributed by atoms with E-state index >= 15 is 0 Å². The molecule has 0 aliphatic carbocycles. The maximum atomic E-state index is 12.5. The van der Waals surface area contributed by atoms with Crippen molar-refractivity contribution in [2.24, 2.45) is 0 Å². The second-order valence-electron chi connectivity index (χ2n) is 6.18. The van der Waals surface area contributed by atoms with E-state index in [1.807, 2.05) is 47.9 Å². The van der Waals surface area contributed by atoms with Gasteiger partial charge in [-0.1, -0.05) is 23.9 Å². The average Bonchev–Trinajstić information content (AvgIpc) is 3.10. The predicted molar refractivity (Wildman–Crippen MR) is 109 cm³/mol. The van der Waals surface area contributed by atoms with Crippen LogP contribution in [0.2, 0.25) is 0 Å². The zero-order valence-electron chi connectivity index (χ0n) is 15.3. The maximum absolute atomic E-state index is 12.5. The van der Waals surface area contributed by atoms with Gasteiger partial charge in [0.05, 0.1) is 5.69 Å². The lowest BCUT2D eigenvalue weighted by Gasteiger charge is -2.08. The molecular weight excluding hydrogens is 372 g/mol. The normalized spacial score (nSPS) is 11.0. The first-order valence-electron chi connectivity index (χ1n) is 8.73. The van der Waals surface area contributed by atoms with Gasteiger partial charge in [0.2, 0.25) is 0 Å². The van der Waals surface area contributed by atoms with E-state index in [0.717, 1.165) is 22.2 Å². The summed E-state index contributed by atoms with van der Waals surface area (Å²) in [7, 11) is 0. The Morgan fingerprint density at radius 1 is 1.18 bits per heavy atom. The fraction of sp³-hybridized carbons (Fsp3) is 0.150. The van der Waals surface area contributed by atoms with Crippen LogP contribution in [0.1, 0.15) is 11.4 Å². The topological polar surface area (TPSA) is 78.0 Å². The lowest BCUT2D eigenvalue weighted by Crippen LogP contribution is -2.17. The molecule has 4 rings (SSSR count). The summed E-state index contributed by atoms with van der Waals surface area (Å²) in [5.41, 5.74) is 3.08. The Morgan fingerprint density at radius 2 is 2.00 bits per heavy atom. The minimum absolute atomic E-state index is 0.0799. The van der Waals surface area contributed by atoms with E-state index in [2.05, 4.69) is 26.7 Å². The van der Waals surface area contributed by atoms with Gasteiger partial charge in [-0.15, -0.1) is 16.8 Å². The summed E-state index contributed by atoms with van der Waals surface area (Å²) >= 11 is 1.49. The Kier molecular flexibility index (Phi) is 5.03. The fourth-order valence-electron chi connectivity index (χ4n) is 2.98. The summed E-state index contributed by atoms with van der Waals surface area (Å²) in [6.07, 6.45) is 5.26. The summed E-state index contributed by atoms with van der Waals surface area (Å²) in [5.74, 6) is 1.28. The third-order valence-corrected chi connectivity index (χ3v) is 5.25. The summed E-state index contributed by atoms with van der Waals surface area (Å²) in [6.45, 7) is 6.30. The molecule has 0 atom stereocenters. The minimum Gasteiger partial charge on any atom is -0.298 e. The van der Waals surface area contributed by atoms with Crippen molar-refractivity contribution in [3.63, 3.8) is 0 Å². The van der Waals surface area contributed by atoms with Crippen LogP contribution in [0.15, 0.2) is 71.4 Å². The van der Waals surface area contributed by atoms with Gasteiger partial charge in [0, 0.05) is 42.0 Å². The van der Waals surface area contributed by atoms with Gasteiger partial charge in [-0.25, -0.2) is 4.98 Å². The average molecular weight is 390 g/mol. The van der Waals surface area contributed by atoms with E-state index in [9.17, 15) is 4.79 Å². The molecule has 0 bridgehead atoms. The SMILES string of the molecule is C=CCn1c(SCc2cc(=O)n3c(C)cccc3n2)nnc1-c1ccncc1. The number of aromatic nitrogens is 6. The summed E-state index contributed by atoms with van der Waals surface area (Å²) < 4.78 is 3.60. The van der Waals surface area contributed by atoms with Crippen molar-refractivity contribution in [3.8, 4) is 11.4 Å². The quantitative estimate of drug-likeness (QED) is 0.372. The van der Waals surface area contributed by atoms with Crippen molar-refractivity contribution in [2.45, 2.75) is 24.4 Å². The predicted octanol–water partition coefficient (Wildman–Crippen LogP) is 3.13. The van der Waals surface area contributed by atoms with Crippen molar-refractivity contribution in [3.05, 3.63) is 83.2 Å². The molecule has 140 valence electrons. The molecule has 0 radical (unpaired) electrons. The number of nitrogens with zero attached hydrogens (tertiary/aromatic N) is 6. The Morgan fingerprint density at radius 3 is 2.79 bits per heavy atom. The summed E-state index contributed by atoms with van der Waals surface area (Å²) in [4.78, 5) is 21.1. The molecule has 4 aromatic heterocycles. The van der Waals surface area contributed by atoms with Crippen LogP contribution >= 0.6 is 11.8 Å². The van der Waals surface area contributed by atoms with Gasteiger partial charge >= 0.3 is 0 Å². The Labute approximate surface area is 165 Å². The molecule has 0 N–H and O–H groups in total. The van der Waals surface area contributed by atoms with Crippen molar-refractivity contribution >= 4 is 17.4 Å². The smallest absolute Gasteiger partial charge is 0.258 e. The lowest BCUT2D eigenvalue weighted by atomic mass is 10.2. The summed E-state index contributed by atoms with van der Waals surface area (Å²) in [6, 6.07) is 11.0. The van der Waals surface area contributed by atoms with Crippen LogP contribution in [0.25, 0.3) is 17.0 Å². The molecule has 8 heteroatoms. The van der Waals surface area contributed by atoms with Crippen LogP contribution in [0.5, 0.6) is 0 Å². The van der Waals surface area contributed by atoms with E-state index in [-0.39, 0.29) is 5.56 Å². The first kappa shape index (κ1) is 18.1. The highest BCUT2D eigenvalue weighted by atomic mass is 32.2. The van der Waals surface area contributed by atoms with Crippen LogP contribution in [0.4, 0.5) is 0 Å². The lowest BCUT2D eigenvalue weighted by molar-refractivity contribution is 0.731. The van der Waals surface area contributed by atoms with Gasteiger partial charge < -0.3 is 0 Å². The number of rotatable bonds is 6. The number of hydrogen-bond donors (Lipinski definition) is 0. The van der Waals surface area contributed by atoms with Gasteiger partial charge in [-0.2, -0.15) is 0 Å². The van der Waals surface area contributed by atoms with E-state index in [1.165, 1.54) is 11.8 Å². The third kappa shape index (κ3) is 3.46. The molecule has 0 amide bonds. The fourth-order valence-corrected chi connectivity index (χ4v) is 3.82. The number of pyridine rings is 2. The number of allylic oxidation sites excluding steroid dienone is 1. The number of aryl methyl sites for hydroxylation is 1. The van der Waals surface area contributed by atoms with E-state index < -0.39 is 0 Å². The van der Waals surface area contributed by atoms with Gasteiger partial charge in [0.25, 0.3) is 5.56 Å². The minimum atomic E-state index is -0.0799. The van der Waals surface area contributed by atoms with Crippen LogP contribution < -0.4 is 5.56 Å². The molecule has 0 aliphatic heterocycles. The standard InChI is InChI=1S/C20H18N6OS/c1-3-11-25-19(15-7-9-21-10-8-15)23-24-20(25)28-13-16-12-18(27)26-14(2)5-4-6-17(26)22-16/h3-10,12H,1,11,13H2,2H3. The zero-order valence-corrected chi connectivity index (χ0v) is 16.1. The molecule has 7 nitrogen and oxygen atoms in total. The third-order valence-electron chi connectivity index (χ3n) is 4.25. The van der Waals surface area contributed by atoms with Crippen molar-refractivity contribution in [1.82, 2.24) is 29.1 Å². The van der Waals surface area contributed by atoms with Gasteiger partial charge in [-0.3, -0.25) is 18.7 Å². The van der Waals surface area contributed by atoms with Crippen molar-refractivity contribution in [1.29, 1.82) is 0 Å². The van der Waals surface area contributed by atoms with Crippen LogP contribution in [-0.4, -0.2) is 29.1 Å². The van der Waals surface area contributed by atoms with Gasteiger partial charge in [-0.05, 0) is 31.2 Å². The first-order chi connectivity index (χ1) is 13.7. The molecule has 0 aromatic carbocycles. The Bertz CT molecular complexity index is 1200. The summed E-state index contributed by atoms with van der Waals surface area (Å²) in [5, 5.41) is 9.40. The molecule has 4 aromatic rings. The highest BCUT2D eigenvalue weighted by Gasteiger charge is 2.14. The molecule has 28 heavy (non-hydrogen) atoms. The van der Waals surface area contributed by atoms with Gasteiger partial charge in [0.1, 0.15) is 5.65 Å². The van der Waals surface area contributed by atoms with E-state index in [1.54, 1.807) is 22.9 Å². The zero-order chi connectivity index (χ0) is 19.5. The number of fused-ring (bicyclic) bond motifs is 1. The highest BCUT2D eigenvalue weighted by molar-refractivity contribution is 7.98. The molecule has 0 saturated carbocycles. The van der Waals surface area contributed by atoms with Crippen LogP contribution in [0, 0.1) is 6.92 Å². The monoisotopic (exact) mass is 390 g/mol. The van der Waals surface area contributed by atoms with E-state index in [0.29, 0.717) is 23.6 Å². The maximum Gasteiger partial charge on any atom is 0.258 e. The second-order valence-corrected chi connectivity index (χ2v) is 7.12. The molecule has 4 heterocycles. The molecule has 0 aliphatic rings. The molecule has 0 fully saturated rings. The second kappa shape index (κ2) is 7.77. The van der Waals surface area contributed by atoms with Gasteiger partial charge in [0.15, 0.2) is 11.0 Å². The highest BCUT2D eigenvalue weighted by Crippen LogP contribution is 2.25. The Hall–Kier alpha value is -3.26. The largest absolute Gasteiger partial charge is 0.298 e. The number of thioether (sulfide) groups is 1. The van der Waals surface area contributed by atoms with E-state index in [4.69, 9.17) is 0 Å². The molecule has 0 spiro atoms. The Balaban J connectivity index is 1.64. The molecule has 0 unspecified atom stereocenters. The first-order valence-corrected chi connectivity index (χ1v) is 9.71. The number of hydrogen-bond acceptors (Lipinski definition) is 6. The molecular formula is C20H18N6OS. The molecule has 0 saturated heterocycles.